The monoisotopic (exact) mass is 450 g/mol. The first-order valence-electron chi connectivity index (χ1n) is 7.45. The number of rotatable bonds is 5. The SMILES string of the molecule is COc1ccc(NC(N)=NCc2coc(-c3ccccc3)n2)cc1.I. The highest BCUT2D eigenvalue weighted by Gasteiger charge is 2.05. The van der Waals surface area contributed by atoms with E-state index < -0.39 is 0 Å². The fourth-order valence-corrected chi connectivity index (χ4v) is 2.12. The molecular formula is C18H19IN4O2. The molecule has 0 unspecified atom stereocenters. The lowest BCUT2D eigenvalue weighted by Crippen LogP contribution is -2.22. The Kier molecular flexibility index (Phi) is 6.81. The topological polar surface area (TPSA) is 85.7 Å². The molecule has 0 aliphatic heterocycles. The number of halogens is 1. The number of aromatic nitrogens is 1. The Hall–Kier alpha value is -2.55. The first-order chi connectivity index (χ1) is 11.7. The molecule has 3 N–H and O–H groups in total. The van der Waals surface area contributed by atoms with Gasteiger partial charge in [0.2, 0.25) is 5.89 Å². The van der Waals surface area contributed by atoms with Crippen LogP contribution < -0.4 is 15.8 Å². The molecule has 0 saturated carbocycles. The highest BCUT2D eigenvalue weighted by molar-refractivity contribution is 14.0. The summed E-state index contributed by atoms with van der Waals surface area (Å²) < 4.78 is 10.6. The number of anilines is 1. The van der Waals surface area contributed by atoms with Crippen LogP contribution >= 0.6 is 24.0 Å². The molecule has 1 aromatic heterocycles. The molecule has 0 spiro atoms. The Balaban J connectivity index is 0.00000225. The van der Waals surface area contributed by atoms with Crippen LogP contribution in [-0.4, -0.2) is 18.1 Å². The number of methoxy groups -OCH3 is 1. The number of oxazole rings is 1. The van der Waals surface area contributed by atoms with Crippen LogP contribution in [0.15, 0.2) is 70.3 Å². The summed E-state index contributed by atoms with van der Waals surface area (Å²) in [5.74, 6) is 1.67. The average molecular weight is 450 g/mol. The van der Waals surface area contributed by atoms with E-state index in [9.17, 15) is 0 Å². The van der Waals surface area contributed by atoms with Crippen molar-refractivity contribution in [2.45, 2.75) is 6.54 Å². The lowest BCUT2D eigenvalue weighted by molar-refractivity contribution is 0.415. The summed E-state index contributed by atoms with van der Waals surface area (Å²) in [6.45, 7) is 0.339. The molecule has 0 fully saturated rings. The second-order valence-electron chi connectivity index (χ2n) is 5.06. The van der Waals surface area contributed by atoms with E-state index >= 15 is 0 Å². The van der Waals surface area contributed by atoms with Crippen molar-refractivity contribution in [1.29, 1.82) is 0 Å². The fraction of sp³-hybridized carbons (Fsp3) is 0.111. The van der Waals surface area contributed by atoms with Crippen molar-refractivity contribution in [2.75, 3.05) is 12.4 Å². The second-order valence-corrected chi connectivity index (χ2v) is 5.06. The number of nitrogens with zero attached hydrogens (tertiary/aromatic N) is 2. The van der Waals surface area contributed by atoms with Gasteiger partial charge in [-0.2, -0.15) is 0 Å². The molecule has 0 bridgehead atoms. The van der Waals surface area contributed by atoms with Gasteiger partial charge in [0.1, 0.15) is 17.7 Å². The van der Waals surface area contributed by atoms with Crippen LogP contribution in [-0.2, 0) is 6.54 Å². The van der Waals surface area contributed by atoms with Gasteiger partial charge >= 0.3 is 0 Å². The van der Waals surface area contributed by atoms with Crippen molar-refractivity contribution in [3.63, 3.8) is 0 Å². The first kappa shape index (κ1) is 18.8. The maximum Gasteiger partial charge on any atom is 0.226 e. The van der Waals surface area contributed by atoms with E-state index in [1.165, 1.54) is 0 Å². The Morgan fingerprint density at radius 1 is 1.16 bits per heavy atom. The number of hydrogen-bond donors (Lipinski definition) is 2. The highest BCUT2D eigenvalue weighted by atomic mass is 127. The van der Waals surface area contributed by atoms with E-state index in [1.807, 2.05) is 54.6 Å². The van der Waals surface area contributed by atoms with E-state index in [0.29, 0.717) is 24.1 Å². The molecule has 0 aliphatic rings. The minimum Gasteiger partial charge on any atom is -0.497 e. The third-order valence-electron chi connectivity index (χ3n) is 3.35. The summed E-state index contributed by atoms with van der Waals surface area (Å²) in [7, 11) is 1.62. The predicted molar refractivity (Wildman–Crippen MR) is 109 cm³/mol. The molecule has 130 valence electrons. The lowest BCUT2D eigenvalue weighted by Gasteiger charge is -2.06. The Morgan fingerprint density at radius 2 is 1.88 bits per heavy atom. The number of nitrogens with two attached hydrogens (primary N) is 1. The van der Waals surface area contributed by atoms with E-state index in [0.717, 1.165) is 17.0 Å². The van der Waals surface area contributed by atoms with Gasteiger partial charge in [-0.3, -0.25) is 0 Å². The Labute approximate surface area is 163 Å². The van der Waals surface area contributed by atoms with Gasteiger partial charge < -0.3 is 20.2 Å². The molecular weight excluding hydrogens is 431 g/mol. The molecule has 3 aromatic rings. The number of ether oxygens (including phenoxy) is 1. The molecule has 0 aliphatic carbocycles. The predicted octanol–water partition coefficient (Wildman–Crippen LogP) is 3.90. The normalized spacial score (nSPS) is 10.8. The third-order valence-corrected chi connectivity index (χ3v) is 3.35. The van der Waals surface area contributed by atoms with Gasteiger partial charge in [0, 0.05) is 11.3 Å². The van der Waals surface area contributed by atoms with Gasteiger partial charge in [-0.15, -0.1) is 24.0 Å². The zero-order valence-corrected chi connectivity index (χ0v) is 16.0. The lowest BCUT2D eigenvalue weighted by atomic mass is 10.2. The number of aliphatic imine (C=N–C) groups is 1. The number of benzene rings is 2. The summed E-state index contributed by atoms with van der Waals surface area (Å²) in [6, 6.07) is 17.1. The van der Waals surface area contributed by atoms with Crippen LogP contribution in [0.5, 0.6) is 5.75 Å². The Morgan fingerprint density at radius 3 is 2.56 bits per heavy atom. The molecule has 3 rings (SSSR count). The Bertz CT molecular complexity index is 817. The summed E-state index contributed by atoms with van der Waals surface area (Å²) in [4.78, 5) is 8.68. The van der Waals surface area contributed by atoms with Crippen LogP contribution in [0.3, 0.4) is 0 Å². The number of hydrogen-bond acceptors (Lipinski definition) is 4. The fourth-order valence-electron chi connectivity index (χ4n) is 2.12. The smallest absolute Gasteiger partial charge is 0.226 e. The van der Waals surface area contributed by atoms with E-state index in [1.54, 1.807) is 13.4 Å². The second kappa shape index (κ2) is 9.07. The van der Waals surface area contributed by atoms with Crippen molar-refractivity contribution in [3.05, 3.63) is 66.6 Å². The molecule has 1 heterocycles. The van der Waals surface area contributed by atoms with Crippen molar-refractivity contribution >= 4 is 35.6 Å². The molecule has 0 saturated heterocycles. The maximum absolute atomic E-state index is 5.89. The molecule has 0 amide bonds. The number of guanidine groups is 1. The zero-order chi connectivity index (χ0) is 16.8. The molecule has 7 heteroatoms. The minimum absolute atomic E-state index is 0. The van der Waals surface area contributed by atoms with Gasteiger partial charge in [-0.05, 0) is 36.4 Å². The van der Waals surface area contributed by atoms with Crippen LogP contribution in [0.2, 0.25) is 0 Å². The summed E-state index contributed by atoms with van der Waals surface area (Å²) in [5, 5.41) is 3.02. The van der Waals surface area contributed by atoms with Crippen LogP contribution in [0.1, 0.15) is 5.69 Å². The molecule has 0 atom stereocenters. The largest absolute Gasteiger partial charge is 0.497 e. The van der Waals surface area contributed by atoms with Crippen molar-refractivity contribution in [1.82, 2.24) is 4.98 Å². The van der Waals surface area contributed by atoms with E-state index in [-0.39, 0.29) is 24.0 Å². The van der Waals surface area contributed by atoms with E-state index in [4.69, 9.17) is 14.9 Å². The zero-order valence-electron chi connectivity index (χ0n) is 13.7. The standard InChI is InChI=1S/C18H18N4O2.HI/c1-23-16-9-7-14(8-10-16)22-18(19)20-11-15-12-24-17(21-15)13-5-3-2-4-6-13;/h2-10,12H,11H2,1H3,(H3,19,20,22);1H. The van der Waals surface area contributed by atoms with Crippen molar-refractivity contribution in [3.8, 4) is 17.2 Å². The molecule has 0 radical (unpaired) electrons. The molecule has 6 nitrogen and oxygen atoms in total. The third kappa shape index (κ3) is 5.21. The summed E-state index contributed by atoms with van der Waals surface area (Å²) >= 11 is 0. The van der Waals surface area contributed by atoms with Crippen molar-refractivity contribution < 1.29 is 9.15 Å². The molecule has 2 aromatic carbocycles. The highest BCUT2D eigenvalue weighted by Crippen LogP contribution is 2.18. The van der Waals surface area contributed by atoms with Gasteiger partial charge in [-0.25, -0.2) is 9.98 Å². The summed E-state index contributed by atoms with van der Waals surface area (Å²) in [5.41, 5.74) is 8.37. The van der Waals surface area contributed by atoms with Gasteiger partial charge in [0.05, 0.1) is 13.7 Å². The van der Waals surface area contributed by atoms with Gasteiger partial charge in [0.15, 0.2) is 5.96 Å². The average Bonchev–Trinajstić information content (AvgIpc) is 3.10. The van der Waals surface area contributed by atoms with Gasteiger partial charge in [-0.1, -0.05) is 18.2 Å². The van der Waals surface area contributed by atoms with Crippen LogP contribution in [0, 0.1) is 0 Å². The quantitative estimate of drug-likeness (QED) is 0.350. The van der Waals surface area contributed by atoms with Crippen LogP contribution in [0.4, 0.5) is 5.69 Å². The molecule has 25 heavy (non-hydrogen) atoms. The maximum atomic E-state index is 5.89. The number of nitrogens with one attached hydrogen (secondary N) is 1. The summed E-state index contributed by atoms with van der Waals surface area (Å²) in [6.07, 6.45) is 1.59. The van der Waals surface area contributed by atoms with E-state index in [2.05, 4.69) is 15.3 Å². The first-order valence-corrected chi connectivity index (χ1v) is 7.45. The van der Waals surface area contributed by atoms with Crippen molar-refractivity contribution in [2.24, 2.45) is 10.7 Å². The van der Waals surface area contributed by atoms with Gasteiger partial charge in [0.25, 0.3) is 0 Å². The minimum atomic E-state index is 0. The van der Waals surface area contributed by atoms with Crippen LogP contribution in [0.25, 0.3) is 11.5 Å².